The van der Waals surface area contributed by atoms with Gasteiger partial charge in [-0.3, -0.25) is 4.79 Å². The molecule has 1 aliphatic rings. The number of hydrogen-bond donors (Lipinski definition) is 2. The van der Waals surface area contributed by atoms with E-state index in [0.717, 1.165) is 37.9 Å². The summed E-state index contributed by atoms with van der Waals surface area (Å²) in [5.74, 6) is -0.638. The van der Waals surface area contributed by atoms with E-state index < -0.39 is 6.36 Å². The van der Waals surface area contributed by atoms with Gasteiger partial charge in [-0.25, -0.2) is 0 Å². The molecule has 21 heavy (non-hydrogen) atoms. The first kappa shape index (κ1) is 15.6. The largest absolute Gasteiger partial charge is 0.573 e. The van der Waals surface area contributed by atoms with Crippen molar-refractivity contribution in [3.63, 3.8) is 0 Å². The van der Waals surface area contributed by atoms with Gasteiger partial charge in [0.05, 0.1) is 0 Å². The summed E-state index contributed by atoms with van der Waals surface area (Å²) in [4.78, 5) is 11.8. The highest BCUT2D eigenvalue weighted by Gasteiger charge is 2.31. The van der Waals surface area contributed by atoms with Gasteiger partial charge in [-0.1, -0.05) is 0 Å². The van der Waals surface area contributed by atoms with Crippen molar-refractivity contribution >= 4 is 5.91 Å². The quantitative estimate of drug-likeness (QED) is 0.878. The molecular weight excluding hydrogens is 285 g/mol. The van der Waals surface area contributed by atoms with E-state index >= 15 is 0 Å². The summed E-state index contributed by atoms with van der Waals surface area (Å²) in [5.41, 5.74) is 0.309. The van der Waals surface area contributed by atoms with Gasteiger partial charge in [-0.2, -0.15) is 0 Å². The molecule has 1 aromatic carbocycles. The maximum Gasteiger partial charge on any atom is 0.573 e. The minimum Gasteiger partial charge on any atom is -0.406 e. The highest BCUT2D eigenvalue weighted by Crippen LogP contribution is 2.22. The van der Waals surface area contributed by atoms with E-state index in [1.54, 1.807) is 0 Å². The molecule has 0 unspecified atom stereocenters. The van der Waals surface area contributed by atoms with Crippen LogP contribution in [0.2, 0.25) is 0 Å². The lowest BCUT2D eigenvalue weighted by Gasteiger charge is -2.11. The maximum absolute atomic E-state index is 12.0. The SMILES string of the molecule is O=C(NCC[C@@H]1CCCN1)c1ccc(OC(F)(F)F)cc1. The van der Waals surface area contributed by atoms with Crippen LogP contribution < -0.4 is 15.4 Å². The minimum atomic E-state index is -4.72. The van der Waals surface area contributed by atoms with E-state index in [9.17, 15) is 18.0 Å². The van der Waals surface area contributed by atoms with Crippen LogP contribution in [0, 0.1) is 0 Å². The van der Waals surface area contributed by atoms with Gasteiger partial charge in [0.15, 0.2) is 0 Å². The fraction of sp³-hybridized carbons (Fsp3) is 0.500. The first-order valence-corrected chi connectivity index (χ1v) is 6.81. The van der Waals surface area contributed by atoms with Crippen molar-refractivity contribution in [2.45, 2.75) is 31.7 Å². The van der Waals surface area contributed by atoms with Gasteiger partial charge in [0, 0.05) is 18.2 Å². The van der Waals surface area contributed by atoms with Crippen LogP contribution in [0.1, 0.15) is 29.6 Å². The third-order valence-electron chi connectivity index (χ3n) is 3.29. The molecule has 0 radical (unpaired) electrons. The Kier molecular flexibility index (Phi) is 5.06. The Morgan fingerprint density at radius 3 is 2.62 bits per heavy atom. The molecule has 2 rings (SSSR count). The first-order chi connectivity index (χ1) is 9.94. The Balaban J connectivity index is 1.79. The topological polar surface area (TPSA) is 50.4 Å². The Labute approximate surface area is 120 Å². The van der Waals surface area contributed by atoms with E-state index in [0.29, 0.717) is 18.2 Å². The van der Waals surface area contributed by atoms with E-state index in [4.69, 9.17) is 0 Å². The van der Waals surface area contributed by atoms with Crippen molar-refractivity contribution in [2.75, 3.05) is 13.1 Å². The second-order valence-electron chi connectivity index (χ2n) is 4.91. The normalized spacial score (nSPS) is 18.5. The van der Waals surface area contributed by atoms with Crippen LogP contribution >= 0.6 is 0 Å². The zero-order chi connectivity index (χ0) is 15.3. The molecule has 4 nitrogen and oxygen atoms in total. The number of ether oxygens (including phenoxy) is 1. The fourth-order valence-electron chi connectivity index (χ4n) is 2.27. The summed E-state index contributed by atoms with van der Waals surface area (Å²) in [6, 6.07) is 5.31. The van der Waals surface area contributed by atoms with Crippen molar-refractivity contribution in [1.29, 1.82) is 0 Å². The molecule has 1 aliphatic heterocycles. The maximum atomic E-state index is 12.0. The molecule has 116 valence electrons. The molecule has 0 spiro atoms. The smallest absolute Gasteiger partial charge is 0.406 e. The van der Waals surface area contributed by atoms with Gasteiger partial charge in [0.1, 0.15) is 5.75 Å². The summed E-state index contributed by atoms with van der Waals surface area (Å²) in [7, 11) is 0. The van der Waals surface area contributed by atoms with Crippen molar-refractivity contribution in [3.05, 3.63) is 29.8 Å². The average Bonchev–Trinajstić information content (AvgIpc) is 2.91. The molecule has 0 saturated carbocycles. The lowest BCUT2D eigenvalue weighted by molar-refractivity contribution is -0.274. The van der Waals surface area contributed by atoms with Gasteiger partial charge in [0.2, 0.25) is 0 Å². The number of rotatable bonds is 5. The lowest BCUT2D eigenvalue weighted by atomic mass is 10.1. The third-order valence-corrected chi connectivity index (χ3v) is 3.29. The van der Waals surface area contributed by atoms with Gasteiger partial charge < -0.3 is 15.4 Å². The molecule has 1 fully saturated rings. The fourth-order valence-corrected chi connectivity index (χ4v) is 2.27. The van der Waals surface area contributed by atoms with Crippen LogP contribution in [0.5, 0.6) is 5.75 Å². The highest BCUT2D eigenvalue weighted by atomic mass is 19.4. The van der Waals surface area contributed by atoms with Crippen LogP contribution in [0.25, 0.3) is 0 Å². The van der Waals surface area contributed by atoms with E-state index in [1.807, 2.05) is 0 Å². The molecule has 0 aliphatic carbocycles. The van der Waals surface area contributed by atoms with Crippen molar-refractivity contribution in [1.82, 2.24) is 10.6 Å². The predicted octanol–water partition coefficient (Wildman–Crippen LogP) is 2.46. The van der Waals surface area contributed by atoms with Crippen molar-refractivity contribution in [2.24, 2.45) is 0 Å². The molecular formula is C14H17F3N2O2. The summed E-state index contributed by atoms with van der Waals surface area (Å²) >= 11 is 0. The number of halogens is 3. The second kappa shape index (κ2) is 6.80. The van der Waals surface area contributed by atoms with Crippen molar-refractivity contribution in [3.8, 4) is 5.75 Å². The summed E-state index contributed by atoms with van der Waals surface area (Å²) < 4.78 is 39.8. The van der Waals surface area contributed by atoms with Crippen LogP contribution in [-0.2, 0) is 0 Å². The molecule has 1 atom stereocenters. The molecule has 0 bridgehead atoms. The Morgan fingerprint density at radius 2 is 2.05 bits per heavy atom. The number of carbonyl (C=O) groups excluding carboxylic acids is 1. The van der Waals surface area contributed by atoms with Crippen molar-refractivity contribution < 1.29 is 22.7 Å². The number of benzene rings is 1. The molecule has 0 aromatic heterocycles. The Hall–Kier alpha value is -1.76. The number of hydrogen-bond acceptors (Lipinski definition) is 3. The van der Waals surface area contributed by atoms with Crippen LogP contribution in [0.4, 0.5) is 13.2 Å². The van der Waals surface area contributed by atoms with Gasteiger partial charge in [0.25, 0.3) is 5.91 Å². The van der Waals surface area contributed by atoms with E-state index in [1.165, 1.54) is 12.1 Å². The van der Waals surface area contributed by atoms with Gasteiger partial charge >= 0.3 is 6.36 Å². The Bertz CT molecular complexity index is 468. The molecule has 2 N–H and O–H groups in total. The third kappa shape index (κ3) is 5.26. The average molecular weight is 302 g/mol. The van der Waals surface area contributed by atoms with Crippen LogP contribution in [0.15, 0.2) is 24.3 Å². The number of amides is 1. The number of carbonyl (C=O) groups is 1. The van der Waals surface area contributed by atoms with Crippen LogP contribution in [0.3, 0.4) is 0 Å². The molecule has 7 heteroatoms. The van der Waals surface area contributed by atoms with E-state index in [-0.39, 0.29) is 11.7 Å². The van der Waals surface area contributed by atoms with Gasteiger partial charge in [-0.05, 0) is 50.1 Å². The predicted molar refractivity (Wildman–Crippen MR) is 71.1 cm³/mol. The zero-order valence-electron chi connectivity index (χ0n) is 11.4. The molecule has 1 heterocycles. The number of alkyl halides is 3. The summed E-state index contributed by atoms with van der Waals surface area (Å²) in [5, 5.41) is 6.08. The monoisotopic (exact) mass is 302 g/mol. The summed E-state index contributed by atoms with van der Waals surface area (Å²) in [6.45, 7) is 1.55. The summed E-state index contributed by atoms with van der Waals surface area (Å²) in [6.07, 6.45) is -1.61. The van der Waals surface area contributed by atoms with E-state index in [2.05, 4.69) is 15.4 Å². The van der Waals surface area contributed by atoms with Crippen LogP contribution in [-0.4, -0.2) is 31.4 Å². The standard InChI is InChI=1S/C14H17F3N2O2/c15-14(16,17)21-12-5-3-10(4-6-12)13(20)19-9-7-11-2-1-8-18-11/h3-6,11,18H,1-2,7-9H2,(H,19,20)/t11-/m0/s1. The van der Waals surface area contributed by atoms with Gasteiger partial charge in [-0.15, -0.1) is 13.2 Å². The minimum absolute atomic E-state index is 0.299. The Morgan fingerprint density at radius 1 is 1.33 bits per heavy atom. The highest BCUT2D eigenvalue weighted by molar-refractivity contribution is 5.94. The molecule has 1 amide bonds. The molecule has 1 aromatic rings. The lowest BCUT2D eigenvalue weighted by Crippen LogP contribution is -2.30. The molecule has 1 saturated heterocycles. The zero-order valence-corrected chi connectivity index (χ0v) is 11.4. The second-order valence-corrected chi connectivity index (χ2v) is 4.91. The first-order valence-electron chi connectivity index (χ1n) is 6.81. The number of nitrogens with one attached hydrogen (secondary N) is 2.